The molecule has 0 spiro atoms. The van der Waals surface area contributed by atoms with Gasteiger partial charge in [-0.1, -0.05) is 12.1 Å². The Hall–Kier alpha value is -1.59. The van der Waals surface area contributed by atoms with Gasteiger partial charge in [0.05, 0.1) is 30.8 Å². The highest BCUT2D eigenvalue weighted by molar-refractivity contribution is 6.01. The molecule has 120 valence electrons. The summed E-state index contributed by atoms with van der Waals surface area (Å²) in [6, 6.07) is 5.88. The molecule has 0 atom stereocenters. The Morgan fingerprint density at radius 3 is 2.68 bits per heavy atom. The number of aliphatic hydroxyl groups is 1. The molecule has 0 saturated carbocycles. The molecular weight excluding hydrogens is 280 g/mol. The lowest BCUT2D eigenvalue weighted by atomic mass is 9.87. The third kappa shape index (κ3) is 2.83. The van der Waals surface area contributed by atoms with Crippen LogP contribution in [0.4, 0.5) is 5.69 Å². The summed E-state index contributed by atoms with van der Waals surface area (Å²) in [5.41, 5.74) is 2.40. The highest BCUT2D eigenvalue weighted by Gasteiger charge is 2.38. The highest BCUT2D eigenvalue weighted by Crippen LogP contribution is 2.29. The number of benzene rings is 1. The van der Waals surface area contributed by atoms with Crippen LogP contribution in [0.1, 0.15) is 28.8 Å². The standard InChI is InChI=1S/C17H24N2O3/c1-13-5-4-6-14(18-9-17(10-20)11-22-12-17)15(13)16(21)19-7-2-3-8-19/h4-6,18,20H,2-3,7-12H2,1H3. The largest absolute Gasteiger partial charge is 0.396 e. The van der Waals surface area contributed by atoms with Crippen LogP contribution in [0.2, 0.25) is 0 Å². The van der Waals surface area contributed by atoms with E-state index < -0.39 is 0 Å². The van der Waals surface area contributed by atoms with E-state index >= 15 is 0 Å². The number of rotatable bonds is 5. The maximum absolute atomic E-state index is 12.8. The van der Waals surface area contributed by atoms with E-state index in [1.807, 2.05) is 30.0 Å². The molecular formula is C17H24N2O3. The SMILES string of the molecule is Cc1cccc(NCC2(CO)COC2)c1C(=O)N1CCCC1. The smallest absolute Gasteiger partial charge is 0.256 e. The fourth-order valence-electron chi connectivity index (χ4n) is 3.10. The lowest BCUT2D eigenvalue weighted by Gasteiger charge is -2.40. The van der Waals surface area contributed by atoms with Crippen molar-refractivity contribution in [2.24, 2.45) is 5.41 Å². The molecule has 2 fully saturated rings. The quantitative estimate of drug-likeness (QED) is 0.868. The van der Waals surface area contributed by atoms with Crippen LogP contribution in [0.15, 0.2) is 18.2 Å². The summed E-state index contributed by atoms with van der Waals surface area (Å²) in [4.78, 5) is 14.7. The number of hydrogen-bond donors (Lipinski definition) is 2. The normalized spacial score (nSPS) is 19.8. The van der Waals surface area contributed by atoms with Gasteiger partial charge in [-0.2, -0.15) is 0 Å². The average molecular weight is 304 g/mol. The number of carbonyl (C=O) groups is 1. The molecule has 2 aliphatic heterocycles. The van der Waals surface area contributed by atoms with E-state index in [-0.39, 0.29) is 17.9 Å². The molecule has 2 heterocycles. The van der Waals surface area contributed by atoms with Crippen LogP contribution in [0.25, 0.3) is 0 Å². The number of anilines is 1. The Kier molecular flexibility index (Phi) is 4.36. The third-order valence-corrected chi connectivity index (χ3v) is 4.69. The van der Waals surface area contributed by atoms with Crippen molar-refractivity contribution in [2.75, 3.05) is 44.8 Å². The first-order valence-electron chi connectivity index (χ1n) is 7.97. The number of nitrogens with one attached hydrogen (secondary N) is 1. The molecule has 0 aromatic heterocycles. The highest BCUT2D eigenvalue weighted by atomic mass is 16.5. The Morgan fingerprint density at radius 1 is 1.36 bits per heavy atom. The van der Waals surface area contributed by atoms with Gasteiger partial charge >= 0.3 is 0 Å². The molecule has 0 aliphatic carbocycles. The summed E-state index contributed by atoms with van der Waals surface area (Å²) in [6.45, 7) is 5.52. The van der Waals surface area contributed by atoms with E-state index in [0.717, 1.165) is 42.7 Å². The fourth-order valence-corrected chi connectivity index (χ4v) is 3.10. The zero-order chi connectivity index (χ0) is 15.6. The van der Waals surface area contributed by atoms with Crippen LogP contribution in [-0.4, -0.2) is 55.4 Å². The van der Waals surface area contributed by atoms with Crippen LogP contribution in [0.3, 0.4) is 0 Å². The minimum atomic E-state index is -0.211. The van der Waals surface area contributed by atoms with Crippen molar-refractivity contribution in [3.05, 3.63) is 29.3 Å². The molecule has 0 bridgehead atoms. The first-order valence-corrected chi connectivity index (χ1v) is 7.97. The van der Waals surface area contributed by atoms with Gasteiger partial charge in [0.2, 0.25) is 0 Å². The molecule has 1 amide bonds. The monoisotopic (exact) mass is 304 g/mol. The van der Waals surface area contributed by atoms with Crippen LogP contribution in [0.5, 0.6) is 0 Å². The minimum absolute atomic E-state index is 0.0984. The first-order chi connectivity index (χ1) is 10.7. The number of nitrogens with zero attached hydrogens (tertiary/aromatic N) is 1. The van der Waals surface area contributed by atoms with Crippen LogP contribution in [0, 0.1) is 12.3 Å². The van der Waals surface area contributed by atoms with Crippen molar-refractivity contribution >= 4 is 11.6 Å². The van der Waals surface area contributed by atoms with Crippen molar-refractivity contribution in [1.82, 2.24) is 4.90 Å². The van der Waals surface area contributed by atoms with E-state index in [9.17, 15) is 9.90 Å². The van der Waals surface area contributed by atoms with Crippen molar-refractivity contribution < 1.29 is 14.6 Å². The van der Waals surface area contributed by atoms with Gasteiger partial charge in [-0.05, 0) is 31.4 Å². The lowest BCUT2D eigenvalue weighted by molar-refractivity contribution is -0.128. The molecule has 2 N–H and O–H groups in total. The Bertz CT molecular complexity index is 543. The first kappa shape index (κ1) is 15.3. The molecule has 22 heavy (non-hydrogen) atoms. The zero-order valence-corrected chi connectivity index (χ0v) is 13.1. The topological polar surface area (TPSA) is 61.8 Å². The average Bonchev–Trinajstić information content (AvgIpc) is 3.00. The van der Waals surface area contributed by atoms with Gasteiger partial charge in [0.1, 0.15) is 0 Å². The van der Waals surface area contributed by atoms with E-state index in [1.54, 1.807) is 0 Å². The van der Waals surface area contributed by atoms with E-state index in [0.29, 0.717) is 19.8 Å². The molecule has 2 saturated heterocycles. The number of likely N-dealkylation sites (tertiary alicyclic amines) is 1. The number of aliphatic hydroxyl groups excluding tert-OH is 1. The Morgan fingerprint density at radius 2 is 2.09 bits per heavy atom. The summed E-state index contributed by atoms with van der Waals surface area (Å²) in [7, 11) is 0. The molecule has 3 rings (SSSR count). The molecule has 5 heteroatoms. The van der Waals surface area contributed by atoms with Crippen LogP contribution >= 0.6 is 0 Å². The summed E-state index contributed by atoms with van der Waals surface area (Å²) in [5, 5.41) is 12.9. The summed E-state index contributed by atoms with van der Waals surface area (Å²) in [6.07, 6.45) is 2.18. The molecule has 2 aliphatic rings. The molecule has 1 aromatic rings. The number of carbonyl (C=O) groups excluding carboxylic acids is 1. The summed E-state index contributed by atoms with van der Waals surface area (Å²) >= 11 is 0. The van der Waals surface area contributed by atoms with Crippen molar-refractivity contribution in [3.63, 3.8) is 0 Å². The zero-order valence-electron chi connectivity index (χ0n) is 13.1. The minimum Gasteiger partial charge on any atom is -0.396 e. The molecule has 0 radical (unpaired) electrons. The second kappa shape index (κ2) is 6.26. The summed E-state index contributed by atoms with van der Waals surface area (Å²) < 4.78 is 5.23. The van der Waals surface area contributed by atoms with Crippen molar-refractivity contribution in [3.8, 4) is 0 Å². The second-order valence-corrected chi connectivity index (χ2v) is 6.50. The van der Waals surface area contributed by atoms with Gasteiger partial charge in [-0.25, -0.2) is 0 Å². The fraction of sp³-hybridized carbons (Fsp3) is 0.588. The van der Waals surface area contributed by atoms with Crippen LogP contribution < -0.4 is 5.32 Å². The number of aryl methyl sites for hydroxylation is 1. The predicted molar refractivity (Wildman–Crippen MR) is 85.1 cm³/mol. The number of ether oxygens (including phenoxy) is 1. The Balaban J connectivity index is 1.78. The van der Waals surface area contributed by atoms with E-state index in [4.69, 9.17) is 4.74 Å². The van der Waals surface area contributed by atoms with E-state index in [2.05, 4.69) is 5.32 Å². The van der Waals surface area contributed by atoms with Gasteiger partial charge in [0.25, 0.3) is 5.91 Å². The third-order valence-electron chi connectivity index (χ3n) is 4.69. The second-order valence-electron chi connectivity index (χ2n) is 6.50. The lowest BCUT2D eigenvalue weighted by Crippen LogP contribution is -2.50. The summed E-state index contributed by atoms with van der Waals surface area (Å²) in [5.74, 6) is 0.112. The molecule has 5 nitrogen and oxygen atoms in total. The Labute approximate surface area is 131 Å². The maximum atomic E-state index is 12.8. The van der Waals surface area contributed by atoms with Crippen LogP contribution in [-0.2, 0) is 4.74 Å². The molecule has 0 unspecified atom stereocenters. The molecule has 1 aromatic carbocycles. The number of hydrogen-bond acceptors (Lipinski definition) is 4. The number of amides is 1. The predicted octanol–water partition coefficient (Wildman–Crippen LogP) is 1.65. The van der Waals surface area contributed by atoms with Gasteiger partial charge in [-0.3, -0.25) is 4.79 Å². The van der Waals surface area contributed by atoms with Crippen molar-refractivity contribution in [2.45, 2.75) is 19.8 Å². The maximum Gasteiger partial charge on any atom is 0.256 e. The van der Waals surface area contributed by atoms with Gasteiger partial charge < -0.3 is 20.1 Å². The van der Waals surface area contributed by atoms with Crippen molar-refractivity contribution in [1.29, 1.82) is 0 Å². The van der Waals surface area contributed by atoms with Gasteiger partial charge in [0, 0.05) is 25.3 Å². The van der Waals surface area contributed by atoms with Gasteiger partial charge in [-0.15, -0.1) is 0 Å². The van der Waals surface area contributed by atoms with Gasteiger partial charge in [0.15, 0.2) is 0 Å². The van der Waals surface area contributed by atoms with E-state index in [1.165, 1.54) is 0 Å².